The van der Waals surface area contributed by atoms with E-state index in [-0.39, 0.29) is 12.3 Å². The van der Waals surface area contributed by atoms with Gasteiger partial charge in [0.15, 0.2) is 0 Å². The number of carbonyl (C=O) groups excluding carboxylic acids is 1. The molecular weight excluding hydrogens is 489 g/mol. The minimum atomic E-state index is -4.40. The highest BCUT2D eigenvalue weighted by Crippen LogP contribution is 2.38. The normalized spacial score (nSPS) is 12.7. The fourth-order valence-corrected chi connectivity index (χ4v) is 3.97. The number of hydrogen-bond donors (Lipinski definition) is 1. The zero-order chi connectivity index (χ0) is 26.7. The van der Waals surface area contributed by atoms with Gasteiger partial charge < -0.3 is 5.73 Å². The summed E-state index contributed by atoms with van der Waals surface area (Å²) in [6.45, 7) is 1.86. The van der Waals surface area contributed by atoms with Crippen LogP contribution in [0.2, 0.25) is 0 Å². The third kappa shape index (κ3) is 5.94. The van der Waals surface area contributed by atoms with Gasteiger partial charge in [0.05, 0.1) is 29.6 Å². The van der Waals surface area contributed by atoms with Crippen molar-refractivity contribution in [3.8, 4) is 11.1 Å². The Morgan fingerprint density at radius 3 is 2.24 bits per heavy atom. The van der Waals surface area contributed by atoms with Crippen LogP contribution in [0.5, 0.6) is 0 Å². The highest BCUT2D eigenvalue weighted by molar-refractivity contribution is 6.07. The molecule has 0 fully saturated rings. The van der Waals surface area contributed by atoms with Gasteiger partial charge in [-0.15, -0.1) is 0 Å². The highest BCUT2D eigenvalue weighted by atomic mass is 19.4. The maximum absolute atomic E-state index is 13.0. The topological polar surface area (TPSA) is 59.2 Å². The highest BCUT2D eigenvalue weighted by Gasteiger charge is 2.31. The van der Waals surface area contributed by atoms with E-state index in [4.69, 9.17) is 5.73 Å². The van der Waals surface area contributed by atoms with E-state index in [1.807, 2.05) is 6.92 Å². The number of nitrogens with zero attached hydrogens (tertiary/aromatic N) is 2. The lowest BCUT2D eigenvalue weighted by molar-refractivity contribution is -0.137. The van der Waals surface area contributed by atoms with E-state index in [9.17, 15) is 26.7 Å². The van der Waals surface area contributed by atoms with Crippen LogP contribution in [0.1, 0.15) is 23.6 Å². The minimum absolute atomic E-state index is 0.150. The van der Waals surface area contributed by atoms with Gasteiger partial charge in [0.2, 0.25) is 5.91 Å². The Hall–Kier alpha value is -4.27. The van der Waals surface area contributed by atoms with E-state index in [0.717, 1.165) is 23.8 Å². The van der Waals surface area contributed by atoms with Crippen LogP contribution in [-0.4, -0.2) is 10.9 Å². The van der Waals surface area contributed by atoms with Gasteiger partial charge in [0.1, 0.15) is 17.5 Å². The van der Waals surface area contributed by atoms with Crippen molar-refractivity contribution in [1.82, 2.24) is 4.98 Å². The van der Waals surface area contributed by atoms with Gasteiger partial charge in [0.25, 0.3) is 0 Å². The first-order valence-electron chi connectivity index (χ1n) is 11.3. The maximum atomic E-state index is 13.0. The smallest absolute Gasteiger partial charge is 0.397 e. The Morgan fingerprint density at radius 2 is 1.62 bits per heavy atom. The first kappa shape index (κ1) is 25.8. The standard InChI is InChI=1S/C20H14F3N3O.C8H8F2/c21-20(22,23)15-3-1-2-12(9-15)13-4-6-17-14(8-13)10-19(27)26(17)18-7-5-16(24)11-25-18;1-2-6-3-7(9)5-8(10)4-6/h1-9,11H,10,24H2;3-5H,2H2,1H3. The number of aromatic nitrogens is 1. The van der Waals surface area contributed by atoms with Gasteiger partial charge in [-0.05, 0) is 77.2 Å². The van der Waals surface area contributed by atoms with Crippen LogP contribution < -0.4 is 10.6 Å². The van der Waals surface area contributed by atoms with Crippen LogP contribution in [0.3, 0.4) is 0 Å². The fraction of sp³-hybridized carbons (Fsp3) is 0.143. The lowest BCUT2D eigenvalue weighted by Crippen LogP contribution is -2.21. The molecule has 0 saturated carbocycles. The lowest BCUT2D eigenvalue weighted by atomic mass is 10.00. The number of hydrogen-bond acceptors (Lipinski definition) is 3. The number of benzene rings is 3. The number of amides is 1. The molecule has 190 valence electrons. The molecule has 4 nitrogen and oxygen atoms in total. The van der Waals surface area contributed by atoms with Crippen molar-refractivity contribution in [1.29, 1.82) is 0 Å². The van der Waals surface area contributed by atoms with Crippen LogP contribution in [0.25, 0.3) is 11.1 Å². The number of pyridine rings is 1. The molecule has 2 heterocycles. The summed E-state index contributed by atoms with van der Waals surface area (Å²) in [5, 5.41) is 0. The number of rotatable bonds is 3. The average Bonchev–Trinajstić information content (AvgIpc) is 3.19. The summed E-state index contributed by atoms with van der Waals surface area (Å²) in [7, 11) is 0. The molecule has 1 aliphatic heterocycles. The Labute approximate surface area is 210 Å². The summed E-state index contributed by atoms with van der Waals surface area (Å²) in [6.07, 6.45) is -2.11. The van der Waals surface area contributed by atoms with Crippen LogP contribution in [0, 0.1) is 11.6 Å². The van der Waals surface area contributed by atoms with Gasteiger partial charge in [0, 0.05) is 6.07 Å². The van der Waals surface area contributed by atoms with E-state index in [1.165, 1.54) is 29.3 Å². The van der Waals surface area contributed by atoms with E-state index in [2.05, 4.69) is 4.98 Å². The predicted molar refractivity (Wildman–Crippen MR) is 132 cm³/mol. The molecule has 0 unspecified atom stereocenters. The molecule has 0 saturated heterocycles. The summed E-state index contributed by atoms with van der Waals surface area (Å²) < 4.78 is 63.6. The van der Waals surface area contributed by atoms with Crippen molar-refractivity contribution in [2.75, 3.05) is 10.6 Å². The molecule has 5 rings (SSSR count). The van der Waals surface area contributed by atoms with E-state index in [1.54, 1.807) is 36.4 Å². The molecule has 3 aromatic carbocycles. The number of carbonyl (C=O) groups is 1. The fourth-order valence-electron chi connectivity index (χ4n) is 3.97. The van der Waals surface area contributed by atoms with Gasteiger partial charge in [-0.3, -0.25) is 9.69 Å². The number of nitrogen functional groups attached to an aromatic ring is 1. The Bertz CT molecular complexity index is 1410. The van der Waals surface area contributed by atoms with Crippen molar-refractivity contribution in [2.24, 2.45) is 0 Å². The molecule has 0 bridgehead atoms. The maximum Gasteiger partial charge on any atom is 0.416 e. The lowest BCUT2D eigenvalue weighted by Gasteiger charge is -2.17. The molecule has 9 heteroatoms. The molecule has 37 heavy (non-hydrogen) atoms. The first-order valence-corrected chi connectivity index (χ1v) is 11.3. The van der Waals surface area contributed by atoms with Gasteiger partial charge in [-0.25, -0.2) is 13.8 Å². The molecule has 0 atom stereocenters. The second kappa shape index (κ2) is 10.4. The van der Waals surface area contributed by atoms with Gasteiger partial charge in [-0.1, -0.05) is 25.1 Å². The third-order valence-corrected chi connectivity index (χ3v) is 5.77. The Morgan fingerprint density at radius 1 is 0.919 bits per heavy atom. The predicted octanol–water partition coefficient (Wildman–Crippen LogP) is 7.10. The van der Waals surface area contributed by atoms with Gasteiger partial charge >= 0.3 is 6.18 Å². The molecule has 0 spiro atoms. The zero-order valence-electron chi connectivity index (χ0n) is 19.7. The van der Waals surface area contributed by atoms with E-state index >= 15 is 0 Å². The number of halogens is 5. The number of anilines is 3. The summed E-state index contributed by atoms with van der Waals surface area (Å²) in [6, 6.07) is 17.2. The SMILES string of the molecule is CCc1cc(F)cc(F)c1.Nc1ccc(N2C(=O)Cc3cc(-c4cccc(C(F)(F)F)c4)ccc32)nc1. The van der Waals surface area contributed by atoms with Crippen molar-refractivity contribution in [3.63, 3.8) is 0 Å². The summed E-state index contributed by atoms with van der Waals surface area (Å²) >= 11 is 0. The zero-order valence-corrected chi connectivity index (χ0v) is 19.7. The largest absolute Gasteiger partial charge is 0.416 e. The number of aryl methyl sites for hydroxylation is 1. The molecule has 0 aliphatic carbocycles. The van der Waals surface area contributed by atoms with Crippen molar-refractivity contribution in [2.45, 2.75) is 25.9 Å². The molecular formula is C28H22F5N3O. The Kier molecular flexibility index (Phi) is 7.24. The number of nitrogens with two attached hydrogens (primary N) is 1. The number of fused-ring (bicyclic) bond motifs is 1. The molecule has 1 aromatic heterocycles. The van der Waals surface area contributed by atoms with E-state index < -0.39 is 23.4 Å². The molecule has 2 N–H and O–H groups in total. The number of alkyl halides is 3. The van der Waals surface area contributed by atoms with Crippen LogP contribution in [0.15, 0.2) is 79.0 Å². The van der Waals surface area contributed by atoms with Crippen molar-refractivity contribution < 1.29 is 26.7 Å². The van der Waals surface area contributed by atoms with Crippen molar-refractivity contribution >= 4 is 23.1 Å². The molecule has 1 aliphatic rings. The van der Waals surface area contributed by atoms with Crippen LogP contribution in [0.4, 0.5) is 39.1 Å². The first-order chi connectivity index (χ1) is 17.5. The van der Waals surface area contributed by atoms with E-state index in [0.29, 0.717) is 40.3 Å². The average molecular weight is 511 g/mol. The summed E-state index contributed by atoms with van der Waals surface area (Å²) in [5.74, 6) is -0.697. The van der Waals surface area contributed by atoms with Crippen molar-refractivity contribution in [3.05, 3.63) is 107 Å². The third-order valence-electron chi connectivity index (χ3n) is 5.77. The minimum Gasteiger partial charge on any atom is -0.397 e. The quantitative estimate of drug-likeness (QED) is 0.299. The van der Waals surface area contributed by atoms with Crippen LogP contribution >= 0.6 is 0 Å². The van der Waals surface area contributed by atoms with Crippen LogP contribution in [-0.2, 0) is 23.8 Å². The van der Waals surface area contributed by atoms with Gasteiger partial charge in [-0.2, -0.15) is 13.2 Å². The molecule has 0 radical (unpaired) electrons. The second-order valence-corrected chi connectivity index (χ2v) is 8.41. The summed E-state index contributed by atoms with van der Waals surface area (Å²) in [4.78, 5) is 18.1. The molecule has 1 amide bonds. The Balaban J connectivity index is 0.000000270. The second-order valence-electron chi connectivity index (χ2n) is 8.41. The summed E-state index contributed by atoms with van der Waals surface area (Å²) in [5.41, 5.74) is 8.61. The monoisotopic (exact) mass is 511 g/mol. The molecule has 4 aromatic rings.